The number of nitrogens with zero attached hydrogens (tertiary/aromatic N) is 1. The molecule has 1 atom stereocenters. The molecular formula is C15H24N2O. The van der Waals surface area contributed by atoms with Crippen LogP contribution in [0.5, 0.6) is 5.75 Å². The lowest BCUT2D eigenvalue weighted by molar-refractivity contribution is 0.298. The molecule has 1 aliphatic heterocycles. The Bertz CT molecular complexity index is 367. The molecule has 0 spiro atoms. The Hall–Kier alpha value is -1.06. The van der Waals surface area contributed by atoms with Gasteiger partial charge in [-0.2, -0.15) is 0 Å². The second-order valence-electron chi connectivity index (χ2n) is 4.95. The van der Waals surface area contributed by atoms with Crippen molar-refractivity contribution in [2.75, 3.05) is 26.7 Å². The molecule has 0 radical (unpaired) electrons. The van der Waals surface area contributed by atoms with Gasteiger partial charge in [-0.3, -0.25) is 0 Å². The standard InChI is InChI=1S/C15H24N2O/c1-3-18-15-9-5-4-7-13(15)11-16-12-14-8-6-10-17(14)2/h4-5,7,9,14,16H,3,6,8,10-12H2,1-2H3. The molecule has 18 heavy (non-hydrogen) atoms. The maximum absolute atomic E-state index is 5.63. The number of likely N-dealkylation sites (N-methyl/N-ethyl adjacent to an activating group) is 1. The van der Waals surface area contributed by atoms with Crippen molar-refractivity contribution in [3.63, 3.8) is 0 Å². The topological polar surface area (TPSA) is 24.5 Å². The summed E-state index contributed by atoms with van der Waals surface area (Å²) < 4.78 is 5.63. The molecule has 3 heteroatoms. The first-order valence-corrected chi connectivity index (χ1v) is 6.93. The van der Waals surface area contributed by atoms with Crippen LogP contribution in [0, 0.1) is 0 Å². The first kappa shape index (κ1) is 13.4. The Morgan fingerprint density at radius 1 is 1.39 bits per heavy atom. The first-order chi connectivity index (χ1) is 8.81. The Morgan fingerprint density at radius 2 is 2.22 bits per heavy atom. The van der Waals surface area contributed by atoms with Crippen molar-refractivity contribution in [3.8, 4) is 5.75 Å². The summed E-state index contributed by atoms with van der Waals surface area (Å²) in [6.45, 7) is 5.94. The van der Waals surface area contributed by atoms with Crippen LogP contribution in [0.4, 0.5) is 0 Å². The second-order valence-corrected chi connectivity index (χ2v) is 4.95. The molecule has 0 saturated carbocycles. The lowest BCUT2D eigenvalue weighted by Crippen LogP contribution is -2.35. The summed E-state index contributed by atoms with van der Waals surface area (Å²) in [7, 11) is 2.22. The minimum atomic E-state index is 0.698. The van der Waals surface area contributed by atoms with Crippen molar-refractivity contribution in [1.29, 1.82) is 0 Å². The monoisotopic (exact) mass is 248 g/mol. The average molecular weight is 248 g/mol. The lowest BCUT2D eigenvalue weighted by atomic mass is 10.2. The summed E-state index contributed by atoms with van der Waals surface area (Å²) in [4.78, 5) is 2.45. The van der Waals surface area contributed by atoms with Crippen LogP contribution in [-0.2, 0) is 6.54 Å². The number of likely N-dealkylation sites (tertiary alicyclic amines) is 1. The Kier molecular flexibility index (Phi) is 5.02. The molecule has 1 N–H and O–H groups in total. The van der Waals surface area contributed by atoms with Gasteiger partial charge in [0.05, 0.1) is 6.61 Å². The average Bonchev–Trinajstić information content (AvgIpc) is 2.78. The van der Waals surface area contributed by atoms with Gasteiger partial charge in [0.25, 0.3) is 0 Å². The maximum atomic E-state index is 5.63. The number of benzene rings is 1. The van der Waals surface area contributed by atoms with Crippen LogP contribution in [0.25, 0.3) is 0 Å². The van der Waals surface area contributed by atoms with Crippen LogP contribution in [0.15, 0.2) is 24.3 Å². The van der Waals surface area contributed by atoms with Crippen molar-refractivity contribution >= 4 is 0 Å². The highest BCUT2D eigenvalue weighted by Gasteiger charge is 2.19. The van der Waals surface area contributed by atoms with E-state index in [1.54, 1.807) is 0 Å². The van der Waals surface area contributed by atoms with Gasteiger partial charge in [0.2, 0.25) is 0 Å². The van der Waals surface area contributed by atoms with Crippen molar-refractivity contribution in [1.82, 2.24) is 10.2 Å². The summed E-state index contributed by atoms with van der Waals surface area (Å²) in [5, 5.41) is 3.55. The van der Waals surface area contributed by atoms with Crippen LogP contribution in [0.1, 0.15) is 25.3 Å². The van der Waals surface area contributed by atoms with Crippen molar-refractivity contribution in [2.24, 2.45) is 0 Å². The molecule has 1 heterocycles. The molecule has 1 aromatic carbocycles. The zero-order valence-electron chi connectivity index (χ0n) is 11.5. The van der Waals surface area contributed by atoms with Gasteiger partial charge < -0.3 is 15.0 Å². The van der Waals surface area contributed by atoms with E-state index in [9.17, 15) is 0 Å². The van der Waals surface area contributed by atoms with Crippen molar-refractivity contribution < 1.29 is 4.74 Å². The van der Waals surface area contributed by atoms with E-state index in [1.165, 1.54) is 24.9 Å². The number of hydrogen-bond donors (Lipinski definition) is 1. The quantitative estimate of drug-likeness (QED) is 0.836. The smallest absolute Gasteiger partial charge is 0.123 e. The van der Waals surface area contributed by atoms with E-state index in [2.05, 4.69) is 29.4 Å². The highest BCUT2D eigenvalue weighted by molar-refractivity contribution is 5.33. The van der Waals surface area contributed by atoms with Crippen LogP contribution in [0.3, 0.4) is 0 Å². The second kappa shape index (κ2) is 6.76. The fraction of sp³-hybridized carbons (Fsp3) is 0.600. The number of rotatable bonds is 6. The molecule has 100 valence electrons. The first-order valence-electron chi connectivity index (χ1n) is 6.93. The third-order valence-corrected chi connectivity index (χ3v) is 3.64. The van der Waals surface area contributed by atoms with Gasteiger partial charge in [-0.15, -0.1) is 0 Å². The highest BCUT2D eigenvalue weighted by atomic mass is 16.5. The molecule has 1 saturated heterocycles. The Labute approximate surface area is 110 Å². The minimum Gasteiger partial charge on any atom is -0.494 e. The van der Waals surface area contributed by atoms with Crippen molar-refractivity contribution in [3.05, 3.63) is 29.8 Å². The van der Waals surface area contributed by atoms with Crippen LogP contribution < -0.4 is 10.1 Å². The van der Waals surface area contributed by atoms with E-state index in [1.807, 2.05) is 19.1 Å². The van der Waals surface area contributed by atoms with E-state index in [0.29, 0.717) is 6.04 Å². The molecule has 0 aliphatic carbocycles. The van der Waals surface area contributed by atoms with Crippen LogP contribution in [-0.4, -0.2) is 37.7 Å². The molecule has 0 bridgehead atoms. The fourth-order valence-electron chi connectivity index (χ4n) is 2.56. The van der Waals surface area contributed by atoms with Gasteiger partial charge in [0, 0.05) is 24.7 Å². The van der Waals surface area contributed by atoms with Gasteiger partial charge in [0.1, 0.15) is 5.75 Å². The largest absolute Gasteiger partial charge is 0.494 e. The Morgan fingerprint density at radius 3 is 2.94 bits per heavy atom. The van der Waals surface area contributed by atoms with Gasteiger partial charge in [0.15, 0.2) is 0 Å². The predicted octanol–water partition coefficient (Wildman–Crippen LogP) is 2.27. The third kappa shape index (κ3) is 3.47. The van der Waals surface area contributed by atoms with Gasteiger partial charge in [-0.05, 0) is 39.4 Å². The van der Waals surface area contributed by atoms with E-state index in [-0.39, 0.29) is 0 Å². The van der Waals surface area contributed by atoms with E-state index < -0.39 is 0 Å². The molecule has 0 aromatic heterocycles. The molecule has 1 unspecified atom stereocenters. The molecule has 0 amide bonds. The van der Waals surface area contributed by atoms with Crippen LogP contribution >= 0.6 is 0 Å². The van der Waals surface area contributed by atoms with E-state index >= 15 is 0 Å². The van der Waals surface area contributed by atoms with Crippen LogP contribution in [0.2, 0.25) is 0 Å². The summed E-state index contributed by atoms with van der Waals surface area (Å²) in [5.74, 6) is 1.01. The number of nitrogens with one attached hydrogen (secondary N) is 1. The number of hydrogen-bond acceptors (Lipinski definition) is 3. The molecular weight excluding hydrogens is 224 g/mol. The summed E-state index contributed by atoms with van der Waals surface area (Å²) in [6.07, 6.45) is 2.65. The maximum Gasteiger partial charge on any atom is 0.123 e. The number of ether oxygens (including phenoxy) is 1. The zero-order valence-corrected chi connectivity index (χ0v) is 11.5. The summed E-state index contributed by atoms with van der Waals surface area (Å²) in [5.41, 5.74) is 1.25. The normalized spacial score (nSPS) is 20.2. The molecule has 2 rings (SSSR count). The van der Waals surface area contributed by atoms with Crippen molar-refractivity contribution in [2.45, 2.75) is 32.4 Å². The molecule has 1 aromatic rings. The lowest BCUT2D eigenvalue weighted by Gasteiger charge is -2.20. The van der Waals surface area contributed by atoms with Gasteiger partial charge in [-0.1, -0.05) is 18.2 Å². The molecule has 1 fully saturated rings. The third-order valence-electron chi connectivity index (χ3n) is 3.64. The van der Waals surface area contributed by atoms with Gasteiger partial charge in [-0.25, -0.2) is 0 Å². The predicted molar refractivity (Wildman–Crippen MR) is 75.0 cm³/mol. The van der Waals surface area contributed by atoms with Gasteiger partial charge >= 0.3 is 0 Å². The molecule has 3 nitrogen and oxygen atoms in total. The molecule has 1 aliphatic rings. The van der Waals surface area contributed by atoms with E-state index in [4.69, 9.17) is 4.74 Å². The fourth-order valence-corrected chi connectivity index (χ4v) is 2.56. The minimum absolute atomic E-state index is 0.698. The highest BCUT2D eigenvalue weighted by Crippen LogP contribution is 2.18. The van der Waals surface area contributed by atoms with E-state index in [0.717, 1.165) is 25.4 Å². The zero-order chi connectivity index (χ0) is 12.8. The number of para-hydroxylation sites is 1. The Balaban J connectivity index is 1.82. The summed E-state index contributed by atoms with van der Waals surface area (Å²) in [6, 6.07) is 8.98. The summed E-state index contributed by atoms with van der Waals surface area (Å²) >= 11 is 0. The SMILES string of the molecule is CCOc1ccccc1CNCC1CCCN1C.